The van der Waals surface area contributed by atoms with Gasteiger partial charge in [-0.2, -0.15) is 0 Å². The van der Waals surface area contributed by atoms with E-state index in [9.17, 15) is 14.9 Å². The van der Waals surface area contributed by atoms with E-state index < -0.39 is 4.92 Å². The van der Waals surface area contributed by atoms with E-state index in [0.29, 0.717) is 37.4 Å². The molecule has 29 heavy (non-hydrogen) atoms. The normalized spacial score (nSPS) is 16.5. The summed E-state index contributed by atoms with van der Waals surface area (Å²) in [5, 5.41) is 11.0. The van der Waals surface area contributed by atoms with Crippen molar-refractivity contribution >= 4 is 11.6 Å². The highest BCUT2D eigenvalue weighted by atomic mass is 16.6. The smallest absolute Gasteiger partial charge is 0.272 e. The Bertz CT molecular complexity index is 938. The first-order valence-electron chi connectivity index (χ1n) is 9.66. The van der Waals surface area contributed by atoms with E-state index in [-0.39, 0.29) is 11.6 Å². The Morgan fingerprint density at radius 3 is 2.45 bits per heavy atom. The molecule has 1 fully saturated rings. The third-order valence-electron chi connectivity index (χ3n) is 5.31. The molecule has 0 aromatic heterocycles. The van der Waals surface area contributed by atoms with E-state index in [1.165, 1.54) is 12.1 Å². The van der Waals surface area contributed by atoms with Gasteiger partial charge in [0.25, 0.3) is 11.6 Å². The lowest BCUT2D eigenvalue weighted by Crippen LogP contribution is -2.48. The highest BCUT2D eigenvalue weighted by Gasteiger charge is 2.24. The summed E-state index contributed by atoms with van der Waals surface area (Å²) in [6.07, 6.45) is 0. The van der Waals surface area contributed by atoms with Crippen molar-refractivity contribution in [1.82, 2.24) is 9.80 Å². The van der Waals surface area contributed by atoms with Crippen molar-refractivity contribution in [1.29, 1.82) is 0 Å². The van der Waals surface area contributed by atoms with Crippen LogP contribution in [-0.2, 0) is 6.54 Å². The molecular formula is C21H23N3O5. The number of benzene rings is 2. The molecule has 4 rings (SSSR count). The highest BCUT2D eigenvalue weighted by Crippen LogP contribution is 2.31. The van der Waals surface area contributed by atoms with Gasteiger partial charge in [-0.25, -0.2) is 0 Å². The number of nitro benzene ring substituents is 1. The van der Waals surface area contributed by atoms with Gasteiger partial charge < -0.3 is 14.4 Å². The molecule has 0 N–H and O–H groups in total. The maximum atomic E-state index is 12.8. The first kappa shape index (κ1) is 19.2. The number of hydrogen-bond acceptors (Lipinski definition) is 6. The Hall–Kier alpha value is -3.13. The minimum Gasteiger partial charge on any atom is -0.486 e. The molecule has 1 amide bonds. The predicted molar refractivity (Wildman–Crippen MR) is 106 cm³/mol. The average molecular weight is 397 g/mol. The zero-order chi connectivity index (χ0) is 20.4. The van der Waals surface area contributed by atoms with Crippen LogP contribution in [0.5, 0.6) is 11.5 Å². The van der Waals surface area contributed by atoms with Crippen LogP contribution >= 0.6 is 0 Å². The number of nitro groups is 1. The van der Waals surface area contributed by atoms with Crippen molar-refractivity contribution in [3.05, 3.63) is 63.2 Å². The lowest BCUT2D eigenvalue weighted by Gasteiger charge is -2.35. The van der Waals surface area contributed by atoms with Gasteiger partial charge in [0.2, 0.25) is 0 Å². The molecule has 0 radical (unpaired) electrons. The van der Waals surface area contributed by atoms with Crippen LogP contribution < -0.4 is 9.47 Å². The van der Waals surface area contributed by atoms with Crippen LogP contribution in [0.3, 0.4) is 0 Å². The molecule has 152 valence electrons. The minimum atomic E-state index is -0.430. The van der Waals surface area contributed by atoms with Crippen LogP contribution in [0.4, 0.5) is 5.69 Å². The van der Waals surface area contributed by atoms with Gasteiger partial charge in [0, 0.05) is 49.9 Å². The molecule has 2 aromatic rings. The fraction of sp³-hybridized carbons (Fsp3) is 0.381. The van der Waals surface area contributed by atoms with Crippen molar-refractivity contribution in [2.75, 3.05) is 39.4 Å². The monoisotopic (exact) mass is 397 g/mol. The molecule has 2 aliphatic heterocycles. The number of ether oxygens (including phenoxy) is 2. The summed E-state index contributed by atoms with van der Waals surface area (Å²) < 4.78 is 11.2. The minimum absolute atomic E-state index is 0.0331. The zero-order valence-corrected chi connectivity index (χ0v) is 16.3. The number of aryl methyl sites for hydroxylation is 1. The van der Waals surface area contributed by atoms with Crippen molar-refractivity contribution in [2.24, 2.45) is 0 Å². The number of nitrogens with zero attached hydrogens (tertiary/aromatic N) is 3. The van der Waals surface area contributed by atoms with Crippen LogP contribution in [0.25, 0.3) is 0 Å². The molecule has 8 nitrogen and oxygen atoms in total. The number of piperazine rings is 1. The largest absolute Gasteiger partial charge is 0.486 e. The molecule has 0 bridgehead atoms. The summed E-state index contributed by atoms with van der Waals surface area (Å²) in [5.74, 6) is 1.49. The van der Waals surface area contributed by atoms with Crippen LogP contribution in [0.15, 0.2) is 36.4 Å². The maximum absolute atomic E-state index is 12.8. The van der Waals surface area contributed by atoms with Crippen molar-refractivity contribution in [2.45, 2.75) is 13.5 Å². The number of fused-ring (bicyclic) bond motifs is 1. The zero-order valence-electron chi connectivity index (χ0n) is 16.3. The quantitative estimate of drug-likeness (QED) is 0.582. The Morgan fingerprint density at radius 2 is 1.76 bits per heavy atom. The van der Waals surface area contributed by atoms with Gasteiger partial charge in [-0.1, -0.05) is 6.07 Å². The molecule has 0 unspecified atom stereocenters. The maximum Gasteiger partial charge on any atom is 0.272 e. The van der Waals surface area contributed by atoms with E-state index >= 15 is 0 Å². The fourth-order valence-corrected chi connectivity index (χ4v) is 3.73. The van der Waals surface area contributed by atoms with Crippen LogP contribution in [0.1, 0.15) is 21.5 Å². The number of amides is 1. The summed E-state index contributed by atoms with van der Waals surface area (Å²) in [5.41, 5.74) is 2.18. The van der Waals surface area contributed by atoms with E-state index in [4.69, 9.17) is 9.47 Å². The van der Waals surface area contributed by atoms with Crippen LogP contribution in [-0.4, -0.2) is 60.0 Å². The van der Waals surface area contributed by atoms with Crippen molar-refractivity contribution < 1.29 is 19.2 Å². The SMILES string of the molecule is Cc1cc(C(=O)N2CCN(Cc3ccc4c(c3)OCCO4)CC2)ccc1[N+](=O)[O-]. The topological polar surface area (TPSA) is 85.2 Å². The van der Waals surface area contributed by atoms with Crippen molar-refractivity contribution in [3.63, 3.8) is 0 Å². The molecule has 2 aliphatic rings. The van der Waals surface area contributed by atoms with Crippen molar-refractivity contribution in [3.8, 4) is 11.5 Å². The molecule has 0 spiro atoms. The third kappa shape index (κ3) is 4.17. The number of carbonyl (C=O) groups excluding carboxylic acids is 1. The van der Waals surface area contributed by atoms with Gasteiger partial charge in [0.05, 0.1) is 4.92 Å². The van der Waals surface area contributed by atoms with Gasteiger partial charge in [-0.3, -0.25) is 19.8 Å². The average Bonchev–Trinajstić information content (AvgIpc) is 2.73. The second kappa shape index (κ2) is 8.08. The van der Waals surface area contributed by atoms with Crippen LogP contribution in [0, 0.1) is 17.0 Å². The van der Waals surface area contributed by atoms with E-state index in [0.717, 1.165) is 36.7 Å². The number of rotatable bonds is 4. The molecular weight excluding hydrogens is 374 g/mol. The second-order valence-corrected chi connectivity index (χ2v) is 7.30. The van der Waals surface area contributed by atoms with Gasteiger partial charge in [-0.05, 0) is 36.8 Å². The Labute approximate surface area is 168 Å². The van der Waals surface area contributed by atoms with E-state index in [1.807, 2.05) is 18.2 Å². The highest BCUT2D eigenvalue weighted by molar-refractivity contribution is 5.94. The van der Waals surface area contributed by atoms with E-state index in [2.05, 4.69) is 4.90 Å². The van der Waals surface area contributed by atoms with Gasteiger partial charge in [0.1, 0.15) is 13.2 Å². The number of carbonyl (C=O) groups is 1. The van der Waals surface area contributed by atoms with Crippen LogP contribution in [0.2, 0.25) is 0 Å². The summed E-state index contributed by atoms with van der Waals surface area (Å²) >= 11 is 0. The standard InChI is InChI=1S/C21H23N3O5/c1-15-12-17(3-4-18(15)24(26)27)21(25)23-8-6-22(7-9-23)14-16-2-5-19-20(13-16)29-11-10-28-19/h2-5,12-13H,6-11,14H2,1H3. The molecule has 0 atom stereocenters. The molecule has 1 saturated heterocycles. The lowest BCUT2D eigenvalue weighted by atomic mass is 10.1. The predicted octanol–water partition coefficient (Wildman–Crippen LogP) is 2.63. The Balaban J connectivity index is 1.35. The van der Waals surface area contributed by atoms with Gasteiger partial charge in [0.15, 0.2) is 11.5 Å². The third-order valence-corrected chi connectivity index (χ3v) is 5.31. The lowest BCUT2D eigenvalue weighted by molar-refractivity contribution is -0.385. The molecule has 0 saturated carbocycles. The summed E-state index contributed by atoms with van der Waals surface area (Å²) in [6.45, 7) is 6.38. The van der Waals surface area contributed by atoms with E-state index in [1.54, 1.807) is 17.9 Å². The second-order valence-electron chi connectivity index (χ2n) is 7.30. The first-order chi connectivity index (χ1) is 14.0. The molecule has 8 heteroatoms. The molecule has 2 heterocycles. The summed E-state index contributed by atoms with van der Waals surface area (Å²) in [4.78, 5) is 27.4. The summed E-state index contributed by atoms with van der Waals surface area (Å²) in [7, 11) is 0. The molecule has 0 aliphatic carbocycles. The Morgan fingerprint density at radius 1 is 1.03 bits per heavy atom. The Kier molecular flexibility index (Phi) is 5.35. The number of hydrogen-bond donors (Lipinski definition) is 0. The summed E-state index contributed by atoms with van der Waals surface area (Å²) in [6, 6.07) is 10.6. The van der Waals surface area contributed by atoms with Gasteiger partial charge in [-0.15, -0.1) is 0 Å². The van der Waals surface area contributed by atoms with Gasteiger partial charge >= 0.3 is 0 Å². The fourth-order valence-electron chi connectivity index (χ4n) is 3.73. The molecule has 2 aromatic carbocycles. The first-order valence-corrected chi connectivity index (χ1v) is 9.66.